The van der Waals surface area contributed by atoms with Crippen LogP contribution in [0.25, 0.3) is 0 Å². The van der Waals surface area contributed by atoms with E-state index in [2.05, 4.69) is 5.32 Å². The largest absolute Gasteiger partial charge is 0.338 e. The second kappa shape index (κ2) is 6.11. The molecule has 1 saturated carbocycles. The molecular weight excluding hydrogens is 264 g/mol. The maximum Gasteiger partial charge on any atom is 0.317 e. The lowest BCUT2D eigenvalue weighted by molar-refractivity contribution is 0.191. The standard InChI is InChI=1S/C13H24N2O3S/c1-15(12-7-8-19(17,18)10-12)13(16)14-9-11-5-3-2-4-6-11/h11-12H,2-10H2,1H3,(H,14,16). The lowest BCUT2D eigenvalue weighted by Crippen LogP contribution is -2.45. The van der Waals surface area contributed by atoms with Crippen molar-refractivity contribution in [1.82, 2.24) is 10.2 Å². The minimum Gasteiger partial charge on any atom is -0.338 e. The number of nitrogens with one attached hydrogen (secondary N) is 1. The fourth-order valence-electron chi connectivity index (χ4n) is 2.99. The zero-order valence-electron chi connectivity index (χ0n) is 11.6. The molecule has 5 nitrogen and oxygen atoms in total. The van der Waals surface area contributed by atoms with E-state index < -0.39 is 9.84 Å². The molecule has 1 heterocycles. The Balaban J connectivity index is 1.76. The molecule has 0 radical (unpaired) electrons. The van der Waals surface area contributed by atoms with Crippen molar-refractivity contribution in [3.63, 3.8) is 0 Å². The summed E-state index contributed by atoms with van der Waals surface area (Å²) in [5.41, 5.74) is 0. The van der Waals surface area contributed by atoms with Crippen LogP contribution in [-0.4, -0.2) is 50.5 Å². The SMILES string of the molecule is CN(C(=O)NCC1CCCCC1)C1CCS(=O)(=O)C1. The van der Waals surface area contributed by atoms with E-state index in [0.29, 0.717) is 12.3 Å². The third-order valence-electron chi connectivity index (χ3n) is 4.34. The van der Waals surface area contributed by atoms with Crippen molar-refractivity contribution in [2.45, 2.75) is 44.6 Å². The van der Waals surface area contributed by atoms with E-state index in [1.54, 1.807) is 11.9 Å². The number of carbonyl (C=O) groups is 1. The van der Waals surface area contributed by atoms with Gasteiger partial charge in [0, 0.05) is 19.6 Å². The third kappa shape index (κ3) is 4.09. The molecule has 0 bridgehead atoms. The number of rotatable bonds is 3. The molecule has 6 heteroatoms. The van der Waals surface area contributed by atoms with Gasteiger partial charge in [0.1, 0.15) is 0 Å². The highest BCUT2D eigenvalue weighted by molar-refractivity contribution is 7.91. The van der Waals surface area contributed by atoms with Gasteiger partial charge in [-0.3, -0.25) is 0 Å². The Kier molecular flexibility index (Phi) is 4.71. The molecule has 2 fully saturated rings. The summed E-state index contributed by atoms with van der Waals surface area (Å²) in [5, 5.41) is 2.95. The van der Waals surface area contributed by atoms with Crippen molar-refractivity contribution in [2.75, 3.05) is 25.1 Å². The van der Waals surface area contributed by atoms with Gasteiger partial charge in [0.15, 0.2) is 9.84 Å². The number of amides is 2. The fraction of sp³-hybridized carbons (Fsp3) is 0.923. The number of nitrogens with zero attached hydrogens (tertiary/aromatic N) is 1. The molecule has 0 aromatic rings. The van der Waals surface area contributed by atoms with Gasteiger partial charge in [-0.15, -0.1) is 0 Å². The van der Waals surface area contributed by atoms with Gasteiger partial charge >= 0.3 is 6.03 Å². The normalized spacial score (nSPS) is 27.1. The summed E-state index contributed by atoms with van der Waals surface area (Å²) in [5.74, 6) is 0.913. The zero-order chi connectivity index (χ0) is 13.9. The van der Waals surface area contributed by atoms with Crippen LogP contribution < -0.4 is 5.32 Å². The summed E-state index contributed by atoms with van der Waals surface area (Å²) in [7, 11) is -1.23. The first-order valence-electron chi connectivity index (χ1n) is 7.19. The van der Waals surface area contributed by atoms with Gasteiger partial charge in [0.25, 0.3) is 0 Å². The van der Waals surface area contributed by atoms with Gasteiger partial charge in [-0.25, -0.2) is 13.2 Å². The van der Waals surface area contributed by atoms with E-state index in [-0.39, 0.29) is 23.6 Å². The van der Waals surface area contributed by atoms with E-state index in [9.17, 15) is 13.2 Å². The third-order valence-corrected chi connectivity index (χ3v) is 6.09. The van der Waals surface area contributed by atoms with E-state index in [0.717, 1.165) is 6.54 Å². The average molecular weight is 288 g/mol. The van der Waals surface area contributed by atoms with Gasteiger partial charge in [-0.05, 0) is 25.2 Å². The van der Waals surface area contributed by atoms with Crippen LogP contribution in [0.4, 0.5) is 4.79 Å². The van der Waals surface area contributed by atoms with Crippen LogP contribution in [0, 0.1) is 5.92 Å². The number of hydrogen-bond donors (Lipinski definition) is 1. The van der Waals surface area contributed by atoms with Crippen molar-refractivity contribution in [3.05, 3.63) is 0 Å². The number of carbonyl (C=O) groups excluding carboxylic acids is 1. The topological polar surface area (TPSA) is 66.5 Å². The van der Waals surface area contributed by atoms with Gasteiger partial charge in [0.05, 0.1) is 11.5 Å². The Labute approximate surface area is 115 Å². The molecule has 2 rings (SSSR count). The van der Waals surface area contributed by atoms with E-state index in [4.69, 9.17) is 0 Å². The first kappa shape index (κ1) is 14.6. The summed E-state index contributed by atoms with van der Waals surface area (Å²) >= 11 is 0. The maximum atomic E-state index is 12.0. The highest BCUT2D eigenvalue weighted by Gasteiger charge is 2.32. The second-order valence-electron chi connectivity index (χ2n) is 5.86. The van der Waals surface area contributed by atoms with Gasteiger partial charge < -0.3 is 10.2 Å². The summed E-state index contributed by atoms with van der Waals surface area (Å²) < 4.78 is 22.8. The molecule has 19 heavy (non-hydrogen) atoms. The summed E-state index contributed by atoms with van der Waals surface area (Å²) in [6, 6.07) is -0.288. The highest BCUT2D eigenvalue weighted by Crippen LogP contribution is 2.23. The van der Waals surface area contributed by atoms with Crippen LogP contribution in [0.5, 0.6) is 0 Å². The summed E-state index contributed by atoms with van der Waals surface area (Å²) in [4.78, 5) is 13.6. The highest BCUT2D eigenvalue weighted by atomic mass is 32.2. The molecular formula is C13H24N2O3S. The molecule has 1 aliphatic heterocycles. The smallest absolute Gasteiger partial charge is 0.317 e. The number of hydrogen-bond acceptors (Lipinski definition) is 3. The lowest BCUT2D eigenvalue weighted by Gasteiger charge is -2.26. The van der Waals surface area contributed by atoms with Crippen molar-refractivity contribution < 1.29 is 13.2 Å². The monoisotopic (exact) mass is 288 g/mol. The van der Waals surface area contributed by atoms with Gasteiger partial charge in [0.2, 0.25) is 0 Å². The molecule has 0 spiro atoms. The average Bonchev–Trinajstić information content (AvgIpc) is 2.76. The van der Waals surface area contributed by atoms with Crippen molar-refractivity contribution in [3.8, 4) is 0 Å². The first-order chi connectivity index (χ1) is 8.98. The van der Waals surface area contributed by atoms with Gasteiger partial charge in [-0.2, -0.15) is 0 Å². The molecule has 110 valence electrons. The van der Waals surface area contributed by atoms with Crippen molar-refractivity contribution >= 4 is 15.9 Å². The first-order valence-corrected chi connectivity index (χ1v) is 9.01. The van der Waals surface area contributed by atoms with Crippen LogP contribution in [0.2, 0.25) is 0 Å². The van der Waals surface area contributed by atoms with E-state index in [1.165, 1.54) is 32.1 Å². The molecule has 0 aromatic carbocycles. The zero-order valence-corrected chi connectivity index (χ0v) is 12.4. The molecule has 1 saturated heterocycles. The van der Waals surface area contributed by atoms with Crippen LogP contribution in [0.1, 0.15) is 38.5 Å². The Morgan fingerprint density at radius 2 is 1.89 bits per heavy atom. The Morgan fingerprint density at radius 1 is 1.21 bits per heavy atom. The second-order valence-corrected chi connectivity index (χ2v) is 8.09. The quantitative estimate of drug-likeness (QED) is 0.853. The lowest BCUT2D eigenvalue weighted by atomic mass is 9.89. The van der Waals surface area contributed by atoms with Crippen LogP contribution in [-0.2, 0) is 9.84 Å². The molecule has 1 unspecified atom stereocenters. The van der Waals surface area contributed by atoms with Crippen molar-refractivity contribution in [1.29, 1.82) is 0 Å². The van der Waals surface area contributed by atoms with Crippen LogP contribution >= 0.6 is 0 Å². The molecule has 1 atom stereocenters. The Hall–Kier alpha value is -0.780. The molecule has 0 aromatic heterocycles. The summed E-state index contributed by atoms with van der Waals surface area (Å²) in [6.45, 7) is 0.725. The number of sulfone groups is 1. The summed E-state index contributed by atoms with van der Waals surface area (Å²) in [6.07, 6.45) is 6.79. The Morgan fingerprint density at radius 3 is 2.47 bits per heavy atom. The predicted octanol–water partition coefficient (Wildman–Crippen LogP) is 1.40. The Bertz CT molecular complexity index is 416. The molecule has 2 amide bonds. The van der Waals surface area contributed by atoms with E-state index in [1.807, 2.05) is 0 Å². The van der Waals surface area contributed by atoms with Gasteiger partial charge in [-0.1, -0.05) is 19.3 Å². The van der Waals surface area contributed by atoms with Crippen molar-refractivity contribution in [2.24, 2.45) is 5.92 Å². The van der Waals surface area contributed by atoms with Crippen LogP contribution in [0.3, 0.4) is 0 Å². The predicted molar refractivity (Wildman–Crippen MR) is 74.8 cm³/mol. The minimum absolute atomic E-state index is 0.111. The molecule has 2 aliphatic rings. The molecule has 1 aliphatic carbocycles. The fourth-order valence-corrected chi connectivity index (χ4v) is 4.77. The maximum absolute atomic E-state index is 12.0. The molecule has 1 N–H and O–H groups in total. The van der Waals surface area contributed by atoms with Crippen LogP contribution in [0.15, 0.2) is 0 Å². The van der Waals surface area contributed by atoms with E-state index >= 15 is 0 Å². The minimum atomic E-state index is -2.93. The number of urea groups is 1.